The van der Waals surface area contributed by atoms with Gasteiger partial charge >= 0.3 is 12.1 Å². The molecule has 0 spiro atoms. The second-order valence-corrected chi connectivity index (χ2v) is 4.98. The van der Waals surface area contributed by atoms with E-state index in [1.165, 1.54) is 31.2 Å². The van der Waals surface area contributed by atoms with E-state index in [0.29, 0.717) is 0 Å². The normalized spacial score (nSPS) is 12.3. The molecule has 0 aromatic heterocycles. The summed E-state index contributed by atoms with van der Waals surface area (Å²) in [5.41, 5.74) is -0.636. The van der Waals surface area contributed by atoms with Gasteiger partial charge in [-0.1, -0.05) is 24.3 Å². The summed E-state index contributed by atoms with van der Waals surface area (Å²) in [6, 6.07) is 12.3. The molecule has 0 heterocycles. The van der Waals surface area contributed by atoms with Crippen LogP contribution in [0.5, 0.6) is 0 Å². The second kappa shape index (κ2) is 7.16. The van der Waals surface area contributed by atoms with Crippen LogP contribution in [0, 0.1) is 0 Å². The van der Waals surface area contributed by atoms with Crippen molar-refractivity contribution in [2.75, 3.05) is 5.32 Å². The number of alkyl halides is 3. The fourth-order valence-electron chi connectivity index (χ4n) is 1.87. The summed E-state index contributed by atoms with van der Waals surface area (Å²) in [7, 11) is 0. The quantitative estimate of drug-likeness (QED) is 0.861. The molecule has 1 amide bonds. The summed E-state index contributed by atoms with van der Waals surface area (Å²) in [5, 5.41) is 2.29. The largest absolute Gasteiger partial charge is 0.449 e. The molecule has 0 bridgehead atoms. The number of nitrogens with one attached hydrogen (secondary N) is 1. The number of carbonyl (C=O) groups is 2. The topological polar surface area (TPSA) is 55.4 Å². The van der Waals surface area contributed by atoms with Crippen molar-refractivity contribution in [3.05, 3.63) is 65.7 Å². The summed E-state index contributed by atoms with van der Waals surface area (Å²) in [6.07, 6.45) is -5.67. The van der Waals surface area contributed by atoms with Crippen molar-refractivity contribution in [1.29, 1.82) is 0 Å². The molecule has 0 aliphatic carbocycles. The Morgan fingerprint density at radius 2 is 1.71 bits per heavy atom. The lowest BCUT2D eigenvalue weighted by Gasteiger charge is -2.14. The Balaban J connectivity index is 2.00. The van der Waals surface area contributed by atoms with Gasteiger partial charge in [0.1, 0.15) is 0 Å². The van der Waals surface area contributed by atoms with E-state index in [0.717, 1.165) is 12.1 Å². The van der Waals surface area contributed by atoms with Gasteiger partial charge in [0.05, 0.1) is 11.1 Å². The van der Waals surface area contributed by atoms with Crippen LogP contribution in [0.1, 0.15) is 22.8 Å². The van der Waals surface area contributed by atoms with Crippen LogP contribution in [0.25, 0.3) is 0 Å². The average molecular weight is 337 g/mol. The van der Waals surface area contributed by atoms with Gasteiger partial charge in [0.2, 0.25) is 0 Å². The highest BCUT2D eigenvalue weighted by molar-refractivity contribution is 5.97. The Bertz CT molecular complexity index is 729. The number of ether oxygens (including phenoxy) is 1. The molecule has 1 atom stereocenters. The lowest BCUT2D eigenvalue weighted by atomic mass is 10.2. The van der Waals surface area contributed by atoms with Crippen LogP contribution in [-0.2, 0) is 15.7 Å². The molecule has 2 aromatic carbocycles. The summed E-state index contributed by atoms with van der Waals surface area (Å²) < 4.78 is 42.9. The first-order chi connectivity index (χ1) is 11.3. The van der Waals surface area contributed by atoms with Crippen LogP contribution in [0.3, 0.4) is 0 Å². The number of benzene rings is 2. The monoisotopic (exact) mass is 337 g/mol. The molecule has 2 rings (SSSR count). The van der Waals surface area contributed by atoms with Crippen molar-refractivity contribution in [1.82, 2.24) is 0 Å². The lowest BCUT2D eigenvalue weighted by Crippen LogP contribution is -2.30. The zero-order valence-electron chi connectivity index (χ0n) is 12.6. The minimum Gasteiger partial charge on any atom is -0.449 e. The van der Waals surface area contributed by atoms with Crippen LogP contribution in [-0.4, -0.2) is 18.0 Å². The zero-order valence-corrected chi connectivity index (χ0v) is 12.6. The number of hydrogen-bond acceptors (Lipinski definition) is 3. The van der Waals surface area contributed by atoms with Gasteiger partial charge in [0.15, 0.2) is 6.10 Å². The molecule has 0 saturated carbocycles. The maximum Gasteiger partial charge on any atom is 0.416 e. The fourth-order valence-corrected chi connectivity index (χ4v) is 1.87. The molecule has 0 aliphatic heterocycles. The number of halogens is 3. The number of rotatable bonds is 4. The van der Waals surface area contributed by atoms with Crippen LogP contribution < -0.4 is 5.32 Å². The van der Waals surface area contributed by atoms with Gasteiger partial charge in [-0.05, 0) is 37.3 Å². The number of anilines is 1. The fraction of sp³-hybridized carbons (Fsp3) is 0.176. The van der Waals surface area contributed by atoms with Gasteiger partial charge in [-0.3, -0.25) is 4.79 Å². The highest BCUT2D eigenvalue weighted by Gasteiger charge is 2.30. The average Bonchev–Trinajstić information content (AvgIpc) is 2.55. The molecule has 2 aromatic rings. The maximum atomic E-state index is 12.6. The number of amides is 1. The molecule has 0 radical (unpaired) electrons. The first kappa shape index (κ1) is 17.5. The maximum absolute atomic E-state index is 12.6. The van der Waals surface area contributed by atoms with E-state index in [2.05, 4.69) is 5.32 Å². The molecule has 24 heavy (non-hydrogen) atoms. The summed E-state index contributed by atoms with van der Waals surface area (Å²) in [4.78, 5) is 23.8. The number of hydrogen-bond donors (Lipinski definition) is 1. The SMILES string of the molecule is C[C@H](OC(=O)c1ccccc1)C(=O)Nc1cccc(C(F)(F)F)c1. The van der Waals surface area contributed by atoms with Gasteiger partial charge < -0.3 is 10.1 Å². The smallest absolute Gasteiger partial charge is 0.416 e. The molecule has 0 saturated heterocycles. The van der Waals surface area contributed by atoms with Crippen molar-refractivity contribution in [3.8, 4) is 0 Å². The molecule has 126 valence electrons. The molecule has 4 nitrogen and oxygen atoms in total. The van der Waals surface area contributed by atoms with E-state index in [9.17, 15) is 22.8 Å². The van der Waals surface area contributed by atoms with Crippen LogP contribution in [0.2, 0.25) is 0 Å². The van der Waals surface area contributed by atoms with Gasteiger partial charge in [0, 0.05) is 5.69 Å². The van der Waals surface area contributed by atoms with Crippen molar-refractivity contribution < 1.29 is 27.5 Å². The summed E-state index contributed by atoms with van der Waals surface area (Å²) in [5.74, 6) is -1.42. The Labute approximate surface area is 136 Å². The Hall–Kier alpha value is -2.83. The van der Waals surface area contributed by atoms with Crippen LogP contribution in [0.15, 0.2) is 54.6 Å². The molecule has 0 fully saturated rings. The van der Waals surface area contributed by atoms with E-state index >= 15 is 0 Å². The number of carbonyl (C=O) groups excluding carboxylic acids is 2. The minimum atomic E-state index is -4.51. The Morgan fingerprint density at radius 3 is 2.33 bits per heavy atom. The first-order valence-electron chi connectivity index (χ1n) is 7.01. The van der Waals surface area contributed by atoms with Crippen molar-refractivity contribution in [2.45, 2.75) is 19.2 Å². The van der Waals surface area contributed by atoms with Crippen LogP contribution >= 0.6 is 0 Å². The molecular formula is C17H14F3NO3. The molecule has 1 N–H and O–H groups in total. The van der Waals surface area contributed by atoms with Crippen molar-refractivity contribution in [2.24, 2.45) is 0 Å². The Morgan fingerprint density at radius 1 is 1.04 bits per heavy atom. The third kappa shape index (κ3) is 4.58. The first-order valence-corrected chi connectivity index (χ1v) is 7.01. The van der Waals surface area contributed by atoms with E-state index in [1.54, 1.807) is 18.2 Å². The molecular weight excluding hydrogens is 323 g/mol. The summed E-state index contributed by atoms with van der Waals surface area (Å²) in [6.45, 7) is 1.34. The molecule has 0 unspecified atom stereocenters. The van der Waals surface area contributed by atoms with E-state index in [-0.39, 0.29) is 11.3 Å². The standard InChI is InChI=1S/C17H14F3NO3/c1-11(24-16(23)12-6-3-2-4-7-12)15(22)21-14-9-5-8-13(10-14)17(18,19)20/h2-11H,1H3,(H,21,22)/t11-/m0/s1. The molecule has 7 heteroatoms. The zero-order chi connectivity index (χ0) is 17.7. The lowest BCUT2D eigenvalue weighted by molar-refractivity contribution is -0.137. The number of esters is 1. The van der Waals surface area contributed by atoms with Crippen molar-refractivity contribution >= 4 is 17.6 Å². The van der Waals surface area contributed by atoms with Crippen LogP contribution in [0.4, 0.5) is 18.9 Å². The van der Waals surface area contributed by atoms with Crippen molar-refractivity contribution in [3.63, 3.8) is 0 Å². The highest BCUT2D eigenvalue weighted by Crippen LogP contribution is 2.30. The predicted molar refractivity (Wildman–Crippen MR) is 81.4 cm³/mol. The minimum absolute atomic E-state index is 0.0302. The predicted octanol–water partition coefficient (Wildman–Crippen LogP) is 3.89. The third-order valence-corrected chi connectivity index (χ3v) is 3.12. The van der Waals surface area contributed by atoms with Gasteiger partial charge in [0.25, 0.3) is 5.91 Å². The van der Waals surface area contributed by atoms with Gasteiger partial charge in [-0.15, -0.1) is 0 Å². The molecule has 0 aliphatic rings. The van der Waals surface area contributed by atoms with E-state index in [1.807, 2.05) is 0 Å². The highest BCUT2D eigenvalue weighted by atomic mass is 19.4. The van der Waals surface area contributed by atoms with E-state index < -0.39 is 29.7 Å². The second-order valence-electron chi connectivity index (χ2n) is 4.98. The van der Waals surface area contributed by atoms with Gasteiger partial charge in [-0.2, -0.15) is 13.2 Å². The Kier molecular flexibility index (Phi) is 5.23. The van der Waals surface area contributed by atoms with Gasteiger partial charge in [-0.25, -0.2) is 4.79 Å². The summed E-state index contributed by atoms with van der Waals surface area (Å²) >= 11 is 0. The third-order valence-electron chi connectivity index (χ3n) is 3.12. The van der Waals surface area contributed by atoms with E-state index in [4.69, 9.17) is 4.74 Å².